The molecule has 1 saturated heterocycles. The quantitative estimate of drug-likeness (QED) is 0.729. The summed E-state index contributed by atoms with van der Waals surface area (Å²) in [5, 5.41) is 0. The molecule has 5 heteroatoms. The molecule has 1 aliphatic heterocycles. The average Bonchev–Trinajstić information content (AvgIpc) is 2.43. The first-order valence-electron chi connectivity index (χ1n) is 4.91. The number of nitrogens with two attached hydrogens (primary N) is 1. The van der Waals surface area contributed by atoms with Gasteiger partial charge in [-0.3, -0.25) is 4.79 Å². The first-order valence-corrected chi connectivity index (χ1v) is 7.40. The third-order valence-corrected chi connectivity index (χ3v) is 4.83. The summed E-state index contributed by atoms with van der Waals surface area (Å²) in [6.07, 6.45) is 0. The van der Waals surface area contributed by atoms with E-state index in [9.17, 15) is 4.79 Å². The van der Waals surface area contributed by atoms with Gasteiger partial charge in [-0.25, -0.2) is 0 Å². The van der Waals surface area contributed by atoms with Crippen LogP contribution >= 0.6 is 21.6 Å². The van der Waals surface area contributed by atoms with Crippen LogP contribution in [0.1, 0.15) is 13.8 Å². The third kappa shape index (κ3) is 3.37. The molecule has 2 atom stereocenters. The molecule has 2 N–H and O–H groups in total. The summed E-state index contributed by atoms with van der Waals surface area (Å²) in [6.45, 7) is 5.54. The Hall–Kier alpha value is 0.130. The number of nitrogens with zero attached hydrogens (tertiary/aromatic N) is 1. The van der Waals surface area contributed by atoms with E-state index in [1.54, 1.807) is 0 Å². The fraction of sp³-hybridized carbons (Fsp3) is 0.889. The number of hydrogen-bond donors (Lipinski definition) is 1. The van der Waals surface area contributed by atoms with E-state index < -0.39 is 0 Å². The Morgan fingerprint density at radius 1 is 1.29 bits per heavy atom. The highest BCUT2D eigenvalue weighted by atomic mass is 33.1. The van der Waals surface area contributed by atoms with Crippen LogP contribution in [0.3, 0.4) is 0 Å². The SMILES string of the molecule is CC(N)C(C)C(=O)N1CCSSCC1. The summed E-state index contributed by atoms with van der Waals surface area (Å²) in [7, 11) is 3.70. The molecule has 1 fully saturated rings. The van der Waals surface area contributed by atoms with Crippen LogP contribution in [0, 0.1) is 5.92 Å². The molecule has 0 aromatic heterocycles. The molecular weight excluding hydrogens is 216 g/mol. The Morgan fingerprint density at radius 3 is 2.21 bits per heavy atom. The Bertz CT molecular complexity index is 191. The Labute approximate surface area is 93.6 Å². The van der Waals surface area contributed by atoms with Gasteiger partial charge < -0.3 is 10.6 Å². The van der Waals surface area contributed by atoms with Gasteiger partial charge in [-0.1, -0.05) is 28.5 Å². The summed E-state index contributed by atoms with van der Waals surface area (Å²) in [6, 6.07) is -0.0499. The maximum absolute atomic E-state index is 11.9. The minimum Gasteiger partial charge on any atom is -0.341 e. The monoisotopic (exact) mass is 234 g/mol. The van der Waals surface area contributed by atoms with E-state index in [1.165, 1.54) is 0 Å². The zero-order valence-electron chi connectivity index (χ0n) is 8.73. The Balaban J connectivity index is 2.49. The molecule has 0 spiro atoms. The lowest BCUT2D eigenvalue weighted by Gasteiger charge is -2.25. The number of rotatable bonds is 2. The van der Waals surface area contributed by atoms with E-state index in [1.807, 2.05) is 40.3 Å². The van der Waals surface area contributed by atoms with Gasteiger partial charge in [0, 0.05) is 30.6 Å². The van der Waals surface area contributed by atoms with Gasteiger partial charge >= 0.3 is 0 Å². The van der Waals surface area contributed by atoms with Crippen molar-refractivity contribution in [1.82, 2.24) is 4.90 Å². The number of hydrogen-bond acceptors (Lipinski definition) is 4. The van der Waals surface area contributed by atoms with Gasteiger partial charge in [-0.2, -0.15) is 0 Å². The van der Waals surface area contributed by atoms with Crippen molar-refractivity contribution in [2.24, 2.45) is 11.7 Å². The van der Waals surface area contributed by atoms with Crippen LogP contribution in [0.15, 0.2) is 0 Å². The molecule has 0 bridgehead atoms. The summed E-state index contributed by atoms with van der Waals surface area (Å²) in [5.74, 6) is 2.22. The summed E-state index contributed by atoms with van der Waals surface area (Å²) in [4.78, 5) is 13.9. The zero-order chi connectivity index (χ0) is 10.6. The van der Waals surface area contributed by atoms with Crippen molar-refractivity contribution in [3.05, 3.63) is 0 Å². The lowest BCUT2D eigenvalue weighted by molar-refractivity contribution is -0.134. The standard InChI is InChI=1S/C9H18N2OS2/c1-7(8(2)10)9(12)11-3-5-13-14-6-4-11/h7-8H,3-6,10H2,1-2H3. The Morgan fingerprint density at radius 2 is 1.79 bits per heavy atom. The lowest BCUT2D eigenvalue weighted by Crippen LogP contribution is -2.43. The van der Waals surface area contributed by atoms with Gasteiger partial charge in [0.1, 0.15) is 0 Å². The maximum Gasteiger partial charge on any atom is 0.227 e. The number of carbonyl (C=O) groups excluding carboxylic acids is 1. The van der Waals surface area contributed by atoms with E-state index in [-0.39, 0.29) is 17.9 Å². The molecule has 14 heavy (non-hydrogen) atoms. The first-order chi connectivity index (χ1) is 6.63. The van der Waals surface area contributed by atoms with Crippen molar-refractivity contribution in [2.45, 2.75) is 19.9 Å². The van der Waals surface area contributed by atoms with Gasteiger partial charge in [0.15, 0.2) is 0 Å². The fourth-order valence-electron chi connectivity index (χ4n) is 1.26. The molecule has 1 heterocycles. The smallest absolute Gasteiger partial charge is 0.227 e. The molecular formula is C9H18N2OS2. The molecule has 0 aromatic carbocycles. The van der Waals surface area contributed by atoms with Gasteiger partial charge in [0.25, 0.3) is 0 Å². The van der Waals surface area contributed by atoms with Crippen molar-refractivity contribution in [2.75, 3.05) is 24.6 Å². The minimum atomic E-state index is -0.0527. The van der Waals surface area contributed by atoms with Crippen LogP contribution in [-0.2, 0) is 4.79 Å². The predicted molar refractivity (Wildman–Crippen MR) is 64.3 cm³/mol. The van der Waals surface area contributed by atoms with Gasteiger partial charge in [0.05, 0.1) is 5.92 Å². The average molecular weight is 234 g/mol. The van der Waals surface area contributed by atoms with Crippen LogP contribution in [0.2, 0.25) is 0 Å². The largest absolute Gasteiger partial charge is 0.341 e. The minimum absolute atomic E-state index is 0.0499. The molecule has 1 amide bonds. The fourth-order valence-corrected chi connectivity index (χ4v) is 3.24. The molecule has 0 aromatic rings. The molecule has 0 aliphatic carbocycles. The Kier molecular flexibility index (Phi) is 5.12. The van der Waals surface area contributed by atoms with Crippen molar-refractivity contribution < 1.29 is 4.79 Å². The van der Waals surface area contributed by atoms with Crippen molar-refractivity contribution in [3.63, 3.8) is 0 Å². The first kappa shape index (κ1) is 12.2. The highest BCUT2D eigenvalue weighted by Gasteiger charge is 2.23. The van der Waals surface area contributed by atoms with E-state index in [2.05, 4.69) is 0 Å². The van der Waals surface area contributed by atoms with Gasteiger partial charge in [0.2, 0.25) is 5.91 Å². The van der Waals surface area contributed by atoms with E-state index in [0.29, 0.717) is 0 Å². The molecule has 0 saturated carbocycles. The van der Waals surface area contributed by atoms with Crippen LogP contribution in [-0.4, -0.2) is 41.4 Å². The number of carbonyl (C=O) groups is 1. The van der Waals surface area contributed by atoms with Crippen LogP contribution < -0.4 is 5.73 Å². The predicted octanol–water partition coefficient (Wildman–Crippen LogP) is 1.19. The van der Waals surface area contributed by atoms with Crippen molar-refractivity contribution >= 4 is 27.5 Å². The van der Waals surface area contributed by atoms with Gasteiger partial charge in [-0.15, -0.1) is 0 Å². The highest BCUT2D eigenvalue weighted by Crippen LogP contribution is 2.24. The molecule has 82 valence electrons. The normalized spacial score (nSPS) is 22.6. The molecule has 3 nitrogen and oxygen atoms in total. The highest BCUT2D eigenvalue weighted by molar-refractivity contribution is 8.76. The second-order valence-corrected chi connectivity index (χ2v) is 6.32. The van der Waals surface area contributed by atoms with Crippen LogP contribution in [0.5, 0.6) is 0 Å². The summed E-state index contributed by atoms with van der Waals surface area (Å²) in [5.41, 5.74) is 5.72. The number of amides is 1. The topological polar surface area (TPSA) is 46.3 Å². The molecule has 1 aliphatic rings. The lowest BCUT2D eigenvalue weighted by atomic mass is 10.0. The summed E-state index contributed by atoms with van der Waals surface area (Å²) >= 11 is 0. The van der Waals surface area contributed by atoms with Crippen molar-refractivity contribution in [3.8, 4) is 0 Å². The third-order valence-electron chi connectivity index (χ3n) is 2.46. The van der Waals surface area contributed by atoms with E-state index in [4.69, 9.17) is 5.73 Å². The van der Waals surface area contributed by atoms with E-state index in [0.717, 1.165) is 24.6 Å². The second kappa shape index (κ2) is 5.88. The molecule has 2 unspecified atom stereocenters. The molecule has 1 rings (SSSR count). The van der Waals surface area contributed by atoms with E-state index >= 15 is 0 Å². The van der Waals surface area contributed by atoms with Gasteiger partial charge in [-0.05, 0) is 6.92 Å². The molecule has 0 radical (unpaired) electrons. The van der Waals surface area contributed by atoms with Crippen LogP contribution in [0.25, 0.3) is 0 Å². The van der Waals surface area contributed by atoms with Crippen LogP contribution in [0.4, 0.5) is 0 Å². The zero-order valence-corrected chi connectivity index (χ0v) is 10.4. The summed E-state index contributed by atoms with van der Waals surface area (Å²) < 4.78 is 0. The maximum atomic E-state index is 11.9. The van der Waals surface area contributed by atoms with Crippen molar-refractivity contribution in [1.29, 1.82) is 0 Å². The second-order valence-electron chi connectivity index (χ2n) is 3.62.